The molecule has 0 amide bonds. The molecule has 0 aliphatic heterocycles. The van der Waals surface area contributed by atoms with E-state index < -0.39 is 92.2 Å². The number of hydrogen-bond donors (Lipinski definition) is 1. The second kappa shape index (κ2) is 10.7. The maximum absolute atomic E-state index is 17.5. The van der Waals surface area contributed by atoms with E-state index in [0.29, 0.717) is 11.8 Å². The molecule has 3 saturated carbocycles. The fourth-order valence-corrected chi connectivity index (χ4v) is 9.58. The molecule has 6 nitrogen and oxygen atoms in total. The average molecular weight is 623 g/mol. The van der Waals surface area contributed by atoms with Crippen molar-refractivity contribution >= 4 is 34.4 Å². The van der Waals surface area contributed by atoms with Crippen LogP contribution in [0.2, 0.25) is 0 Å². The summed E-state index contributed by atoms with van der Waals surface area (Å²) in [4.78, 5) is 51.9. The standard InChI is InChI=1S/C32H34F4O6S/c1-5-27(40)42-32(28(41)43-15-25(38)17-6-7-22(33)24(35)11-17)16(2)10-19-20-13-23(34)21-12-18(37)8-9-29(21,3)31(20,36)26(39)14-30(19,32)4/h6-9,11-12,16,19-20,23,26,39H,5,10,13-15H2,1-4H3/t16-,19+,20+,23+,26+,29+,30+,31+,32+/m1/s1. The van der Waals surface area contributed by atoms with E-state index in [1.54, 1.807) is 20.8 Å². The van der Waals surface area contributed by atoms with Gasteiger partial charge in [0.1, 0.15) is 6.17 Å². The Morgan fingerprint density at radius 2 is 1.81 bits per heavy atom. The van der Waals surface area contributed by atoms with E-state index in [4.69, 9.17) is 4.74 Å². The first-order chi connectivity index (χ1) is 20.1. The molecule has 11 heteroatoms. The van der Waals surface area contributed by atoms with Gasteiger partial charge < -0.3 is 9.84 Å². The molecule has 5 rings (SSSR count). The predicted molar refractivity (Wildman–Crippen MR) is 150 cm³/mol. The molecule has 1 aromatic rings. The van der Waals surface area contributed by atoms with Crippen LogP contribution in [0.3, 0.4) is 0 Å². The highest BCUT2D eigenvalue weighted by molar-refractivity contribution is 8.14. The van der Waals surface area contributed by atoms with Gasteiger partial charge in [-0.2, -0.15) is 0 Å². The summed E-state index contributed by atoms with van der Waals surface area (Å²) in [6.07, 6.45) is -0.361. The average Bonchev–Trinajstić information content (AvgIpc) is 3.17. The van der Waals surface area contributed by atoms with E-state index in [0.717, 1.165) is 24.3 Å². The summed E-state index contributed by atoms with van der Waals surface area (Å²) >= 11 is 0.555. The van der Waals surface area contributed by atoms with Gasteiger partial charge in [-0.05, 0) is 68.0 Å². The molecule has 1 aromatic carbocycles. The number of carbonyl (C=O) groups is 4. The molecule has 232 valence electrons. The van der Waals surface area contributed by atoms with Crippen molar-refractivity contribution in [3.05, 3.63) is 59.2 Å². The minimum absolute atomic E-state index is 0.0292. The maximum Gasteiger partial charge on any atom is 0.306 e. The molecule has 0 bridgehead atoms. The lowest BCUT2D eigenvalue weighted by Gasteiger charge is -2.63. The number of aliphatic hydroxyl groups excluding tert-OH is 1. The minimum Gasteiger partial charge on any atom is -0.449 e. The number of allylic oxidation sites excluding steroid dienone is 4. The van der Waals surface area contributed by atoms with Crippen molar-refractivity contribution in [3.8, 4) is 0 Å². The maximum atomic E-state index is 17.5. The number of hydrogen-bond acceptors (Lipinski definition) is 7. The molecule has 1 N–H and O–H groups in total. The summed E-state index contributed by atoms with van der Waals surface area (Å²) in [6.45, 7) is 6.34. The highest BCUT2D eigenvalue weighted by Crippen LogP contribution is 2.72. The summed E-state index contributed by atoms with van der Waals surface area (Å²) in [7, 11) is 0. The lowest BCUT2D eigenvalue weighted by molar-refractivity contribution is -0.228. The van der Waals surface area contributed by atoms with Gasteiger partial charge in [-0.15, -0.1) is 0 Å². The highest BCUT2D eigenvalue weighted by atomic mass is 32.2. The predicted octanol–water partition coefficient (Wildman–Crippen LogP) is 5.66. The van der Waals surface area contributed by atoms with E-state index in [1.165, 1.54) is 19.1 Å². The minimum atomic E-state index is -2.38. The van der Waals surface area contributed by atoms with Gasteiger partial charge in [0.05, 0.1) is 11.9 Å². The van der Waals surface area contributed by atoms with Crippen LogP contribution in [0.15, 0.2) is 42.0 Å². The molecular formula is C32H34F4O6S. The van der Waals surface area contributed by atoms with Crippen molar-refractivity contribution in [2.24, 2.45) is 28.6 Å². The van der Waals surface area contributed by atoms with Gasteiger partial charge in [-0.1, -0.05) is 38.6 Å². The van der Waals surface area contributed by atoms with E-state index in [2.05, 4.69) is 0 Å². The van der Waals surface area contributed by atoms with Crippen LogP contribution in [-0.4, -0.2) is 57.1 Å². The Kier molecular flexibility index (Phi) is 7.86. The second-order valence-corrected chi connectivity index (χ2v) is 13.6. The SMILES string of the molecule is CCC(=O)O[C@]1(C(=O)SCC(=O)c2ccc(F)c(F)c2)[C@H](C)C[C@H]2[C@@H]3C[C@H](F)C4=CC(=O)C=C[C@]4(C)[C@@]3(F)[C@@H](O)C[C@@]21C. The molecule has 0 radical (unpaired) electrons. The van der Waals surface area contributed by atoms with E-state index >= 15 is 8.78 Å². The van der Waals surface area contributed by atoms with Crippen LogP contribution in [0, 0.1) is 40.2 Å². The van der Waals surface area contributed by atoms with Gasteiger partial charge in [0.15, 0.2) is 34.5 Å². The Hall–Kier alpha value is -2.79. The Bertz CT molecular complexity index is 1460. The zero-order valence-electron chi connectivity index (χ0n) is 24.3. The molecule has 0 saturated heterocycles. The van der Waals surface area contributed by atoms with Gasteiger partial charge >= 0.3 is 5.97 Å². The molecule has 43 heavy (non-hydrogen) atoms. The van der Waals surface area contributed by atoms with Crippen molar-refractivity contribution in [1.29, 1.82) is 0 Å². The van der Waals surface area contributed by atoms with Gasteiger partial charge in [0.2, 0.25) is 5.12 Å². The molecule has 0 unspecified atom stereocenters. The number of alkyl halides is 2. The third-order valence-corrected chi connectivity index (χ3v) is 11.6. The molecule has 4 aliphatic rings. The Morgan fingerprint density at radius 3 is 2.47 bits per heavy atom. The van der Waals surface area contributed by atoms with E-state index in [9.17, 15) is 33.1 Å². The zero-order chi connectivity index (χ0) is 31.7. The molecule has 9 atom stereocenters. The number of halogens is 4. The number of rotatable bonds is 6. The fourth-order valence-electron chi connectivity index (χ4n) is 8.46. The van der Waals surface area contributed by atoms with Crippen molar-refractivity contribution in [1.82, 2.24) is 0 Å². The number of benzene rings is 1. The van der Waals surface area contributed by atoms with Crippen molar-refractivity contribution in [3.63, 3.8) is 0 Å². The van der Waals surface area contributed by atoms with Gasteiger partial charge in [0, 0.05) is 34.7 Å². The highest BCUT2D eigenvalue weighted by Gasteiger charge is 2.78. The first-order valence-electron chi connectivity index (χ1n) is 14.4. The van der Waals surface area contributed by atoms with Gasteiger partial charge in [0.25, 0.3) is 0 Å². The Labute approximate surface area is 251 Å². The Balaban J connectivity index is 1.53. The van der Waals surface area contributed by atoms with Gasteiger partial charge in [-0.3, -0.25) is 19.2 Å². The second-order valence-electron chi connectivity index (χ2n) is 12.7. The summed E-state index contributed by atoms with van der Waals surface area (Å²) in [5.74, 6) is -7.16. The van der Waals surface area contributed by atoms with Crippen molar-refractivity contribution < 1.29 is 46.6 Å². The number of Topliss-reactive ketones (excluding diaryl/α,β-unsaturated/α-hetero) is 1. The van der Waals surface area contributed by atoms with Crippen LogP contribution in [0.25, 0.3) is 0 Å². The summed E-state index contributed by atoms with van der Waals surface area (Å²) in [6, 6.07) is 2.63. The zero-order valence-corrected chi connectivity index (χ0v) is 25.1. The molecule has 0 aromatic heterocycles. The lowest BCUT2D eigenvalue weighted by Crippen LogP contribution is -2.70. The van der Waals surface area contributed by atoms with Crippen molar-refractivity contribution in [2.75, 3.05) is 5.75 Å². The summed E-state index contributed by atoms with van der Waals surface area (Å²) < 4.78 is 66.4. The smallest absolute Gasteiger partial charge is 0.306 e. The topological polar surface area (TPSA) is 97.7 Å². The summed E-state index contributed by atoms with van der Waals surface area (Å²) in [5.41, 5.74) is -7.42. The van der Waals surface area contributed by atoms with E-state index in [1.807, 2.05) is 0 Å². The number of aliphatic hydroxyl groups is 1. The monoisotopic (exact) mass is 622 g/mol. The quantitative estimate of drug-likeness (QED) is 0.248. The molecule has 3 fully saturated rings. The number of ether oxygens (including phenoxy) is 1. The van der Waals surface area contributed by atoms with Crippen LogP contribution in [0.4, 0.5) is 17.6 Å². The number of carbonyl (C=O) groups excluding carboxylic acids is 4. The molecule has 4 aliphatic carbocycles. The first-order valence-corrected chi connectivity index (χ1v) is 15.4. The third kappa shape index (κ3) is 4.39. The number of esters is 1. The number of fused-ring (bicyclic) bond motifs is 5. The lowest BCUT2D eigenvalue weighted by atomic mass is 9.44. The normalized spacial score (nSPS) is 39.8. The molecular weight excluding hydrogens is 588 g/mol. The van der Waals surface area contributed by atoms with Crippen LogP contribution >= 0.6 is 11.8 Å². The largest absolute Gasteiger partial charge is 0.449 e. The van der Waals surface area contributed by atoms with Crippen LogP contribution < -0.4 is 0 Å². The first kappa shape index (κ1) is 31.6. The summed E-state index contributed by atoms with van der Waals surface area (Å²) in [5, 5.41) is 10.9. The van der Waals surface area contributed by atoms with Crippen LogP contribution in [0.1, 0.15) is 63.7 Å². The Morgan fingerprint density at radius 1 is 1.12 bits per heavy atom. The number of ketones is 2. The van der Waals surface area contributed by atoms with Gasteiger partial charge in [-0.25, -0.2) is 17.6 Å². The van der Waals surface area contributed by atoms with Crippen LogP contribution in [0.5, 0.6) is 0 Å². The van der Waals surface area contributed by atoms with Crippen molar-refractivity contribution in [2.45, 2.75) is 76.9 Å². The molecule has 0 spiro atoms. The van der Waals surface area contributed by atoms with E-state index in [-0.39, 0.29) is 36.8 Å². The third-order valence-electron chi connectivity index (χ3n) is 10.6. The molecule has 0 heterocycles. The number of thioether (sulfide) groups is 1. The fraction of sp³-hybridized carbons (Fsp3) is 0.562. The van der Waals surface area contributed by atoms with Crippen LogP contribution in [-0.2, 0) is 19.1 Å².